The molecule has 108 valence electrons. The van der Waals surface area contributed by atoms with Crippen molar-refractivity contribution in [3.05, 3.63) is 58.1 Å². The zero-order chi connectivity index (χ0) is 14.8. The second kappa shape index (κ2) is 5.90. The van der Waals surface area contributed by atoms with Crippen molar-refractivity contribution in [2.24, 2.45) is 0 Å². The summed E-state index contributed by atoms with van der Waals surface area (Å²) in [6.45, 7) is 3.32. The molecular weight excluding hydrogens is 328 g/mol. The van der Waals surface area contributed by atoms with E-state index >= 15 is 0 Å². The van der Waals surface area contributed by atoms with Crippen LogP contribution >= 0.6 is 15.9 Å². The minimum absolute atomic E-state index is 0.0104. The smallest absolute Gasteiger partial charge is 0.243 e. The largest absolute Gasteiger partial charge is 0.362 e. The zero-order valence-corrected chi connectivity index (χ0v) is 13.5. The number of aryl methyl sites for hydroxylation is 1. The molecule has 0 saturated carbocycles. The van der Waals surface area contributed by atoms with E-state index in [1.165, 1.54) is 11.3 Å². The molecule has 3 nitrogen and oxygen atoms in total. The third-order valence-electron chi connectivity index (χ3n) is 3.72. The van der Waals surface area contributed by atoms with Crippen LogP contribution < -0.4 is 10.2 Å². The number of nitrogens with one attached hydrogen (secondary N) is 1. The molecule has 21 heavy (non-hydrogen) atoms. The van der Waals surface area contributed by atoms with Gasteiger partial charge in [-0.15, -0.1) is 0 Å². The zero-order valence-electron chi connectivity index (χ0n) is 11.9. The highest BCUT2D eigenvalue weighted by molar-refractivity contribution is 9.10. The molecule has 2 aromatic rings. The van der Waals surface area contributed by atoms with E-state index in [2.05, 4.69) is 38.3 Å². The van der Waals surface area contributed by atoms with Gasteiger partial charge in [-0.05, 0) is 58.6 Å². The van der Waals surface area contributed by atoms with Crippen LogP contribution in [0.4, 0.5) is 11.4 Å². The lowest BCUT2D eigenvalue weighted by molar-refractivity contribution is -0.115. The van der Waals surface area contributed by atoms with E-state index in [1.807, 2.05) is 37.3 Å². The molecule has 0 fully saturated rings. The summed E-state index contributed by atoms with van der Waals surface area (Å²) in [4.78, 5) is 14.4. The number of rotatable bonds is 3. The Morgan fingerprint density at radius 1 is 1.29 bits per heavy atom. The van der Waals surface area contributed by atoms with Crippen LogP contribution in [-0.4, -0.2) is 19.0 Å². The van der Waals surface area contributed by atoms with Gasteiger partial charge in [0.25, 0.3) is 0 Å². The molecule has 0 aliphatic carbocycles. The van der Waals surface area contributed by atoms with Crippen LogP contribution in [0.5, 0.6) is 0 Å². The van der Waals surface area contributed by atoms with Crippen LogP contribution in [0.15, 0.2) is 46.9 Å². The Morgan fingerprint density at radius 2 is 2.10 bits per heavy atom. The van der Waals surface area contributed by atoms with E-state index in [0.29, 0.717) is 6.54 Å². The summed E-state index contributed by atoms with van der Waals surface area (Å²) in [6.07, 6.45) is 1.01. The summed E-state index contributed by atoms with van der Waals surface area (Å²) in [5.41, 5.74) is 4.48. The summed E-state index contributed by atoms with van der Waals surface area (Å²) in [6, 6.07) is 14.2. The highest BCUT2D eigenvalue weighted by Gasteiger charge is 2.20. The van der Waals surface area contributed by atoms with E-state index in [1.54, 1.807) is 0 Å². The quantitative estimate of drug-likeness (QED) is 0.919. The molecule has 0 atom stereocenters. The fourth-order valence-corrected chi connectivity index (χ4v) is 3.25. The molecule has 0 saturated heterocycles. The lowest BCUT2D eigenvalue weighted by Gasteiger charge is -2.19. The molecule has 4 heteroatoms. The van der Waals surface area contributed by atoms with E-state index in [4.69, 9.17) is 0 Å². The maximum atomic E-state index is 12.2. The fraction of sp³-hybridized carbons (Fsp3) is 0.235. The molecule has 0 aromatic heterocycles. The number of para-hydroxylation sites is 1. The van der Waals surface area contributed by atoms with Gasteiger partial charge in [-0.2, -0.15) is 0 Å². The summed E-state index contributed by atoms with van der Waals surface area (Å²) in [7, 11) is 0. The van der Waals surface area contributed by atoms with Crippen LogP contribution in [0.2, 0.25) is 0 Å². The minimum atomic E-state index is 0.0104. The second-order valence-electron chi connectivity index (χ2n) is 5.33. The first kappa shape index (κ1) is 14.1. The predicted octanol–water partition coefficient (Wildman–Crippen LogP) is 3.76. The number of fused-ring (bicyclic) bond motifs is 1. The normalized spacial score (nSPS) is 13.1. The average molecular weight is 345 g/mol. The Morgan fingerprint density at radius 3 is 2.90 bits per heavy atom. The molecule has 3 rings (SSSR count). The van der Waals surface area contributed by atoms with Crippen LogP contribution in [0.25, 0.3) is 0 Å². The summed E-state index contributed by atoms with van der Waals surface area (Å²) < 4.78 is 0.915. The molecule has 2 aromatic carbocycles. The van der Waals surface area contributed by atoms with Gasteiger partial charge >= 0.3 is 0 Å². The Bertz CT molecular complexity index is 684. The van der Waals surface area contributed by atoms with Crippen LogP contribution in [0.1, 0.15) is 11.1 Å². The Balaban J connectivity index is 1.68. The predicted molar refractivity (Wildman–Crippen MR) is 89.9 cm³/mol. The van der Waals surface area contributed by atoms with Gasteiger partial charge in [-0.25, -0.2) is 0 Å². The summed E-state index contributed by atoms with van der Waals surface area (Å²) >= 11 is 3.49. The van der Waals surface area contributed by atoms with Gasteiger partial charge in [0.05, 0.1) is 12.2 Å². The first-order valence-corrected chi connectivity index (χ1v) is 7.81. The Labute approximate surface area is 133 Å². The van der Waals surface area contributed by atoms with Gasteiger partial charge in [0, 0.05) is 16.7 Å². The monoisotopic (exact) mass is 344 g/mol. The molecule has 1 amide bonds. The Hall–Kier alpha value is -1.81. The maximum absolute atomic E-state index is 12.2. The summed E-state index contributed by atoms with van der Waals surface area (Å²) in [5, 5.41) is 2.97. The van der Waals surface area contributed by atoms with Crippen molar-refractivity contribution in [2.75, 3.05) is 23.3 Å². The van der Waals surface area contributed by atoms with Crippen LogP contribution in [-0.2, 0) is 11.2 Å². The number of halogens is 1. The maximum Gasteiger partial charge on any atom is 0.243 e. The van der Waals surface area contributed by atoms with Crippen LogP contribution in [0, 0.1) is 6.92 Å². The fourth-order valence-electron chi connectivity index (χ4n) is 2.66. The molecule has 1 heterocycles. The second-order valence-corrected chi connectivity index (χ2v) is 6.19. The minimum Gasteiger partial charge on any atom is -0.362 e. The molecule has 1 aliphatic rings. The van der Waals surface area contributed by atoms with Crippen molar-refractivity contribution in [3.8, 4) is 0 Å². The first-order chi connectivity index (χ1) is 10.1. The van der Waals surface area contributed by atoms with Gasteiger partial charge in [0.15, 0.2) is 0 Å². The van der Waals surface area contributed by atoms with Crippen molar-refractivity contribution < 1.29 is 4.79 Å². The molecule has 0 unspecified atom stereocenters. The third-order valence-corrected chi connectivity index (χ3v) is 4.37. The Kier molecular flexibility index (Phi) is 3.97. The van der Waals surface area contributed by atoms with Crippen molar-refractivity contribution in [3.63, 3.8) is 0 Å². The van der Waals surface area contributed by atoms with Gasteiger partial charge in [0.2, 0.25) is 5.91 Å². The number of nitrogens with zero attached hydrogens (tertiary/aromatic N) is 1. The van der Waals surface area contributed by atoms with Crippen molar-refractivity contribution in [2.45, 2.75) is 13.3 Å². The van der Waals surface area contributed by atoms with Gasteiger partial charge in [-0.3, -0.25) is 4.79 Å². The number of carbonyl (C=O) groups is 1. The lowest BCUT2D eigenvalue weighted by atomic mass is 10.2. The molecule has 1 aliphatic heterocycles. The standard InChI is InChI=1S/C17H17BrN2O/c1-12-6-7-15(14(18)10-12)19-17(21)11-20-9-8-13-4-2-3-5-16(13)20/h2-7,10H,8-9,11H2,1H3,(H,19,21). The third kappa shape index (κ3) is 3.10. The van der Waals surface area contributed by atoms with Gasteiger partial charge in [0.1, 0.15) is 0 Å². The van der Waals surface area contributed by atoms with E-state index < -0.39 is 0 Å². The van der Waals surface area contributed by atoms with Gasteiger partial charge < -0.3 is 10.2 Å². The molecule has 0 radical (unpaired) electrons. The van der Waals surface area contributed by atoms with Crippen LogP contribution in [0.3, 0.4) is 0 Å². The van der Waals surface area contributed by atoms with Crippen molar-refractivity contribution in [1.29, 1.82) is 0 Å². The van der Waals surface area contributed by atoms with Gasteiger partial charge in [-0.1, -0.05) is 24.3 Å². The van der Waals surface area contributed by atoms with E-state index in [0.717, 1.165) is 28.7 Å². The summed E-state index contributed by atoms with van der Waals surface area (Å²) in [5.74, 6) is 0.0104. The highest BCUT2D eigenvalue weighted by Crippen LogP contribution is 2.27. The molecular formula is C17H17BrN2O. The first-order valence-electron chi connectivity index (χ1n) is 7.02. The molecule has 1 N–H and O–H groups in total. The number of benzene rings is 2. The average Bonchev–Trinajstić information content (AvgIpc) is 2.85. The highest BCUT2D eigenvalue weighted by atomic mass is 79.9. The number of carbonyl (C=O) groups excluding carboxylic acids is 1. The topological polar surface area (TPSA) is 32.3 Å². The number of amides is 1. The lowest BCUT2D eigenvalue weighted by Crippen LogP contribution is -2.31. The van der Waals surface area contributed by atoms with E-state index in [9.17, 15) is 4.79 Å². The molecule has 0 spiro atoms. The number of hydrogen-bond acceptors (Lipinski definition) is 2. The van der Waals surface area contributed by atoms with E-state index in [-0.39, 0.29) is 5.91 Å². The van der Waals surface area contributed by atoms with Crippen molar-refractivity contribution in [1.82, 2.24) is 0 Å². The van der Waals surface area contributed by atoms with Crippen molar-refractivity contribution >= 4 is 33.2 Å². The SMILES string of the molecule is Cc1ccc(NC(=O)CN2CCc3ccccc32)c(Br)c1. The molecule has 0 bridgehead atoms. The number of hydrogen-bond donors (Lipinski definition) is 1. The number of anilines is 2.